The van der Waals surface area contributed by atoms with Crippen LogP contribution in [-0.4, -0.2) is 23.9 Å². The molecule has 1 fully saturated rings. The zero-order valence-corrected chi connectivity index (χ0v) is 15.6. The predicted octanol–water partition coefficient (Wildman–Crippen LogP) is 4.61. The molecule has 24 heavy (non-hydrogen) atoms. The standard InChI is InChI=1S/C20H23BrN2O/c1-15-7-9-16(10-8-15)13-23-11-3-4-17(14-23)20(24)22-19-6-2-5-18(21)12-19/h2,5-10,12,17H,3-4,11,13-14H2,1H3,(H,22,24). The number of likely N-dealkylation sites (tertiary alicyclic amines) is 1. The Bertz CT molecular complexity index is 699. The number of halogens is 1. The van der Waals surface area contributed by atoms with Crippen LogP contribution in [0.4, 0.5) is 5.69 Å². The highest BCUT2D eigenvalue weighted by atomic mass is 79.9. The van der Waals surface area contributed by atoms with Gasteiger partial charge >= 0.3 is 0 Å². The number of benzene rings is 2. The Kier molecular flexibility index (Phi) is 5.69. The molecule has 0 bridgehead atoms. The minimum atomic E-state index is 0.0585. The maximum Gasteiger partial charge on any atom is 0.228 e. The molecule has 3 nitrogen and oxygen atoms in total. The fraction of sp³-hybridized carbons (Fsp3) is 0.350. The maximum atomic E-state index is 12.6. The fourth-order valence-electron chi connectivity index (χ4n) is 3.18. The smallest absolute Gasteiger partial charge is 0.228 e. The number of piperidine rings is 1. The first kappa shape index (κ1) is 17.2. The van der Waals surface area contributed by atoms with Crippen LogP contribution in [0, 0.1) is 12.8 Å². The molecule has 3 rings (SSSR count). The number of hydrogen-bond donors (Lipinski definition) is 1. The first-order valence-corrected chi connectivity index (χ1v) is 9.24. The highest BCUT2D eigenvalue weighted by Gasteiger charge is 2.25. The molecule has 4 heteroatoms. The zero-order valence-electron chi connectivity index (χ0n) is 14.0. The van der Waals surface area contributed by atoms with Crippen molar-refractivity contribution in [3.63, 3.8) is 0 Å². The number of amides is 1. The molecule has 2 aromatic carbocycles. The SMILES string of the molecule is Cc1ccc(CN2CCCC(C(=O)Nc3cccc(Br)c3)C2)cc1. The summed E-state index contributed by atoms with van der Waals surface area (Å²) in [5.74, 6) is 0.185. The van der Waals surface area contributed by atoms with Crippen LogP contribution in [0.2, 0.25) is 0 Å². The summed E-state index contributed by atoms with van der Waals surface area (Å²) in [7, 11) is 0. The van der Waals surface area contributed by atoms with Crippen LogP contribution in [0.5, 0.6) is 0 Å². The molecular weight excluding hydrogens is 364 g/mol. The number of hydrogen-bond acceptors (Lipinski definition) is 2. The average Bonchev–Trinajstić information content (AvgIpc) is 2.57. The number of aryl methyl sites for hydroxylation is 1. The first-order chi connectivity index (χ1) is 11.6. The predicted molar refractivity (Wildman–Crippen MR) is 102 cm³/mol. The molecule has 1 N–H and O–H groups in total. The van der Waals surface area contributed by atoms with E-state index < -0.39 is 0 Å². The van der Waals surface area contributed by atoms with Gasteiger partial charge in [0, 0.05) is 23.2 Å². The van der Waals surface area contributed by atoms with Crippen LogP contribution in [0.3, 0.4) is 0 Å². The van der Waals surface area contributed by atoms with E-state index in [0.717, 1.165) is 42.6 Å². The summed E-state index contributed by atoms with van der Waals surface area (Å²) < 4.78 is 0.977. The Morgan fingerprint density at radius 3 is 2.79 bits per heavy atom. The van der Waals surface area contributed by atoms with Gasteiger partial charge in [-0.25, -0.2) is 0 Å². The van der Waals surface area contributed by atoms with Gasteiger partial charge in [0.2, 0.25) is 5.91 Å². The van der Waals surface area contributed by atoms with Gasteiger partial charge in [-0.05, 0) is 50.1 Å². The molecule has 1 heterocycles. The highest BCUT2D eigenvalue weighted by molar-refractivity contribution is 9.10. The normalized spacial score (nSPS) is 18.3. The second-order valence-electron chi connectivity index (χ2n) is 6.56. The average molecular weight is 387 g/mol. The molecule has 1 saturated heterocycles. The lowest BCUT2D eigenvalue weighted by Crippen LogP contribution is -2.40. The topological polar surface area (TPSA) is 32.3 Å². The van der Waals surface area contributed by atoms with Crippen molar-refractivity contribution in [2.24, 2.45) is 5.92 Å². The Balaban J connectivity index is 1.58. The van der Waals surface area contributed by atoms with Gasteiger partial charge in [0.25, 0.3) is 0 Å². The zero-order chi connectivity index (χ0) is 16.9. The lowest BCUT2D eigenvalue weighted by atomic mass is 9.96. The molecule has 0 saturated carbocycles. The second kappa shape index (κ2) is 7.95. The summed E-state index contributed by atoms with van der Waals surface area (Å²) in [5.41, 5.74) is 3.45. The van der Waals surface area contributed by atoms with Gasteiger partial charge in [-0.15, -0.1) is 0 Å². The van der Waals surface area contributed by atoms with E-state index in [9.17, 15) is 4.79 Å². The molecular formula is C20H23BrN2O. The van der Waals surface area contributed by atoms with E-state index in [2.05, 4.69) is 57.3 Å². The summed E-state index contributed by atoms with van der Waals surface area (Å²) in [6.45, 7) is 4.91. The number of anilines is 1. The molecule has 1 atom stereocenters. The van der Waals surface area contributed by atoms with Crippen LogP contribution >= 0.6 is 15.9 Å². The quantitative estimate of drug-likeness (QED) is 0.831. The van der Waals surface area contributed by atoms with Gasteiger partial charge in [0.05, 0.1) is 5.92 Å². The van der Waals surface area contributed by atoms with Crippen molar-refractivity contribution in [1.82, 2.24) is 4.90 Å². The van der Waals surface area contributed by atoms with Crippen LogP contribution in [-0.2, 0) is 11.3 Å². The molecule has 126 valence electrons. The third kappa shape index (κ3) is 4.68. The second-order valence-corrected chi connectivity index (χ2v) is 7.48. The Morgan fingerprint density at radius 2 is 2.04 bits per heavy atom. The highest BCUT2D eigenvalue weighted by Crippen LogP contribution is 2.22. The number of carbonyl (C=O) groups is 1. The number of carbonyl (C=O) groups excluding carboxylic acids is 1. The molecule has 2 aromatic rings. The van der Waals surface area contributed by atoms with E-state index in [1.165, 1.54) is 11.1 Å². The van der Waals surface area contributed by atoms with Gasteiger partial charge in [-0.1, -0.05) is 51.8 Å². The maximum absolute atomic E-state index is 12.6. The first-order valence-electron chi connectivity index (χ1n) is 8.44. The van der Waals surface area contributed by atoms with Crippen molar-refractivity contribution in [3.05, 3.63) is 64.1 Å². The molecule has 1 amide bonds. The molecule has 0 aromatic heterocycles. The summed E-state index contributed by atoms with van der Waals surface area (Å²) in [6, 6.07) is 16.4. The third-order valence-corrected chi connectivity index (χ3v) is 4.99. The fourth-order valence-corrected chi connectivity index (χ4v) is 3.57. The summed E-state index contributed by atoms with van der Waals surface area (Å²) >= 11 is 3.44. The van der Waals surface area contributed by atoms with Crippen LogP contribution in [0.15, 0.2) is 53.0 Å². The van der Waals surface area contributed by atoms with E-state index in [4.69, 9.17) is 0 Å². The molecule has 1 aliphatic heterocycles. The Morgan fingerprint density at radius 1 is 1.25 bits per heavy atom. The molecule has 1 aliphatic rings. The van der Waals surface area contributed by atoms with E-state index in [1.807, 2.05) is 24.3 Å². The number of rotatable bonds is 4. The van der Waals surface area contributed by atoms with Crippen molar-refractivity contribution in [2.75, 3.05) is 18.4 Å². The molecule has 0 aliphatic carbocycles. The van der Waals surface area contributed by atoms with Crippen molar-refractivity contribution < 1.29 is 4.79 Å². The van der Waals surface area contributed by atoms with Gasteiger partial charge < -0.3 is 5.32 Å². The molecule has 0 radical (unpaired) electrons. The van der Waals surface area contributed by atoms with Crippen LogP contribution < -0.4 is 5.32 Å². The Labute approximate surface area is 152 Å². The van der Waals surface area contributed by atoms with Crippen molar-refractivity contribution in [3.8, 4) is 0 Å². The van der Waals surface area contributed by atoms with Gasteiger partial charge in [-0.2, -0.15) is 0 Å². The van der Waals surface area contributed by atoms with Crippen molar-refractivity contribution in [2.45, 2.75) is 26.3 Å². The Hall–Kier alpha value is -1.65. The van der Waals surface area contributed by atoms with E-state index in [1.54, 1.807) is 0 Å². The molecule has 0 spiro atoms. The lowest BCUT2D eigenvalue weighted by molar-refractivity contribution is -0.121. The number of nitrogens with zero attached hydrogens (tertiary/aromatic N) is 1. The lowest BCUT2D eigenvalue weighted by Gasteiger charge is -2.32. The third-order valence-electron chi connectivity index (χ3n) is 4.50. The van der Waals surface area contributed by atoms with Gasteiger partial charge in [-0.3, -0.25) is 9.69 Å². The van der Waals surface area contributed by atoms with Crippen LogP contribution in [0.1, 0.15) is 24.0 Å². The summed E-state index contributed by atoms with van der Waals surface area (Å²) in [6.07, 6.45) is 2.03. The van der Waals surface area contributed by atoms with E-state index in [-0.39, 0.29) is 11.8 Å². The largest absolute Gasteiger partial charge is 0.326 e. The minimum Gasteiger partial charge on any atom is -0.326 e. The van der Waals surface area contributed by atoms with Crippen molar-refractivity contribution >= 4 is 27.5 Å². The van der Waals surface area contributed by atoms with Crippen molar-refractivity contribution in [1.29, 1.82) is 0 Å². The monoisotopic (exact) mass is 386 g/mol. The van der Waals surface area contributed by atoms with Gasteiger partial charge in [0.15, 0.2) is 0 Å². The van der Waals surface area contributed by atoms with E-state index in [0.29, 0.717) is 0 Å². The van der Waals surface area contributed by atoms with E-state index >= 15 is 0 Å². The van der Waals surface area contributed by atoms with Crippen LogP contribution in [0.25, 0.3) is 0 Å². The molecule has 1 unspecified atom stereocenters. The minimum absolute atomic E-state index is 0.0585. The summed E-state index contributed by atoms with van der Waals surface area (Å²) in [4.78, 5) is 15.0. The van der Waals surface area contributed by atoms with Gasteiger partial charge in [0.1, 0.15) is 0 Å². The number of nitrogens with one attached hydrogen (secondary N) is 1. The summed E-state index contributed by atoms with van der Waals surface area (Å²) in [5, 5.41) is 3.05.